The van der Waals surface area contributed by atoms with Gasteiger partial charge in [0, 0.05) is 18.0 Å². The molecule has 2 amide bonds. The number of unbranched alkanes of at least 4 members (excludes halogenated alkanes) is 2. The number of methoxy groups -OCH3 is 2. The lowest BCUT2D eigenvalue weighted by atomic mass is 9.92. The predicted molar refractivity (Wildman–Crippen MR) is 151 cm³/mol. The van der Waals surface area contributed by atoms with E-state index in [0.29, 0.717) is 29.4 Å². The van der Waals surface area contributed by atoms with Gasteiger partial charge in [0.05, 0.1) is 25.6 Å². The van der Waals surface area contributed by atoms with E-state index < -0.39 is 0 Å². The summed E-state index contributed by atoms with van der Waals surface area (Å²) in [5, 5.41) is 7.81. The summed E-state index contributed by atoms with van der Waals surface area (Å²) in [5.74, 6) is 0.748. The lowest BCUT2D eigenvalue weighted by Crippen LogP contribution is -2.39. The standard InChI is InChI=1S/C30H40N4O4/c1-8-9-10-17-33(29(36)28-23(37-6)15-12-16-24(28)38-7)20-27(35)31-26-19-25(30(3,4)5)32-34(26)22-14-11-13-21(2)18-22/h11-16,18-19H,8-10,17,20H2,1-7H3,(H,31,35). The topological polar surface area (TPSA) is 85.7 Å². The SMILES string of the molecule is CCCCCN(CC(=O)Nc1cc(C(C)(C)C)nn1-c1cccc(C)c1)C(=O)c1c(OC)cccc1OC. The number of benzene rings is 2. The third-order valence-corrected chi connectivity index (χ3v) is 6.29. The summed E-state index contributed by atoms with van der Waals surface area (Å²) in [7, 11) is 3.03. The normalized spacial score (nSPS) is 11.2. The molecule has 0 unspecified atom stereocenters. The van der Waals surface area contributed by atoms with Crippen molar-refractivity contribution >= 4 is 17.6 Å². The van der Waals surface area contributed by atoms with E-state index in [1.54, 1.807) is 27.8 Å². The summed E-state index contributed by atoms with van der Waals surface area (Å²) < 4.78 is 12.7. The molecule has 0 aliphatic heterocycles. The number of hydrogen-bond donors (Lipinski definition) is 1. The highest BCUT2D eigenvalue weighted by Crippen LogP contribution is 2.30. The van der Waals surface area contributed by atoms with Gasteiger partial charge in [0.1, 0.15) is 29.4 Å². The number of rotatable bonds is 11. The van der Waals surface area contributed by atoms with Crippen molar-refractivity contribution in [2.75, 3.05) is 32.6 Å². The Morgan fingerprint density at radius 3 is 2.24 bits per heavy atom. The molecule has 0 radical (unpaired) electrons. The fraction of sp³-hybridized carbons (Fsp3) is 0.433. The van der Waals surface area contributed by atoms with Crippen LogP contribution in [0.15, 0.2) is 48.5 Å². The molecule has 8 nitrogen and oxygen atoms in total. The van der Waals surface area contributed by atoms with Crippen molar-refractivity contribution < 1.29 is 19.1 Å². The molecule has 0 atom stereocenters. The summed E-state index contributed by atoms with van der Waals surface area (Å²) in [6.07, 6.45) is 2.73. The molecule has 204 valence electrons. The number of ether oxygens (including phenoxy) is 2. The van der Waals surface area contributed by atoms with E-state index in [0.717, 1.165) is 36.2 Å². The van der Waals surface area contributed by atoms with Crippen LogP contribution in [0.25, 0.3) is 5.69 Å². The van der Waals surface area contributed by atoms with E-state index >= 15 is 0 Å². The molecular formula is C30H40N4O4. The number of anilines is 1. The second kappa shape index (κ2) is 12.6. The summed E-state index contributed by atoms with van der Waals surface area (Å²) in [5.41, 5.74) is 2.89. The summed E-state index contributed by atoms with van der Waals surface area (Å²) in [6, 6.07) is 15.0. The number of nitrogens with zero attached hydrogens (tertiary/aromatic N) is 3. The van der Waals surface area contributed by atoms with Crippen LogP contribution in [0.2, 0.25) is 0 Å². The third kappa shape index (κ3) is 6.94. The maximum Gasteiger partial charge on any atom is 0.261 e. The number of carbonyl (C=O) groups excluding carboxylic acids is 2. The van der Waals surface area contributed by atoms with E-state index in [9.17, 15) is 9.59 Å². The predicted octanol–water partition coefficient (Wildman–Crippen LogP) is 5.77. The molecule has 0 aliphatic carbocycles. The minimum Gasteiger partial charge on any atom is -0.496 e. The molecule has 3 rings (SSSR count). The molecular weight excluding hydrogens is 480 g/mol. The van der Waals surface area contributed by atoms with Gasteiger partial charge in [0.15, 0.2) is 0 Å². The first-order valence-electron chi connectivity index (χ1n) is 13.1. The molecule has 0 saturated carbocycles. The molecule has 1 aromatic heterocycles. The Morgan fingerprint density at radius 1 is 1.00 bits per heavy atom. The van der Waals surface area contributed by atoms with Gasteiger partial charge in [0.2, 0.25) is 5.91 Å². The van der Waals surface area contributed by atoms with Crippen LogP contribution in [0.1, 0.15) is 68.6 Å². The lowest BCUT2D eigenvalue weighted by Gasteiger charge is -2.24. The fourth-order valence-electron chi connectivity index (χ4n) is 4.17. The number of aromatic nitrogens is 2. The van der Waals surface area contributed by atoms with E-state index in [2.05, 4.69) is 33.0 Å². The highest BCUT2D eigenvalue weighted by Gasteiger charge is 2.27. The van der Waals surface area contributed by atoms with Gasteiger partial charge < -0.3 is 19.7 Å². The Bertz CT molecular complexity index is 1240. The Balaban J connectivity index is 1.92. The van der Waals surface area contributed by atoms with Gasteiger partial charge in [0.25, 0.3) is 5.91 Å². The van der Waals surface area contributed by atoms with Crippen molar-refractivity contribution in [2.24, 2.45) is 0 Å². The van der Waals surface area contributed by atoms with Crippen molar-refractivity contribution in [1.29, 1.82) is 0 Å². The molecule has 1 heterocycles. The minimum absolute atomic E-state index is 0.117. The van der Waals surface area contributed by atoms with Gasteiger partial charge >= 0.3 is 0 Å². The lowest BCUT2D eigenvalue weighted by molar-refractivity contribution is -0.117. The summed E-state index contributed by atoms with van der Waals surface area (Å²) >= 11 is 0. The highest BCUT2D eigenvalue weighted by molar-refractivity contribution is 6.02. The van der Waals surface area contributed by atoms with Gasteiger partial charge in [-0.3, -0.25) is 9.59 Å². The summed E-state index contributed by atoms with van der Waals surface area (Å²) in [6.45, 7) is 10.7. The highest BCUT2D eigenvalue weighted by atomic mass is 16.5. The van der Waals surface area contributed by atoms with Crippen LogP contribution >= 0.6 is 0 Å². The first-order chi connectivity index (χ1) is 18.1. The van der Waals surface area contributed by atoms with Crippen molar-refractivity contribution in [2.45, 2.75) is 59.3 Å². The van der Waals surface area contributed by atoms with Crippen LogP contribution in [-0.2, 0) is 10.2 Å². The fourth-order valence-corrected chi connectivity index (χ4v) is 4.17. The Hall–Kier alpha value is -3.81. The average molecular weight is 521 g/mol. The van der Waals surface area contributed by atoms with Crippen LogP contribution in [0, 0.1) is 6.92 Å². The first kappa shape index (κ1) is 28.8. The zero-order valence-electron chi connectivity index (χ0n) is 23.6. The number of carbonyl (C=O) groups is 2. The monoisotopic (exact) mass is 520 g/mol. The molecule has 38 heavy (non-hydrogen) atoms. The number of amides is 2. The van der Waals surface area contributed by atoms with Gasteiger partial charge in [-0.1, -0.05) is 58.7 Å². The zero-order chi connectivity index (χ0) is 27.9. The maximum absolute atomic E-state index is 13.7. The Kier molecular flexibility index (Phi) is 9.55. The number of aryl methyl sites for hydroxylation is 1. The molecule has 8 heteroatoms. The third-order valence-electron chi connectivity index (χ3n) is 6.29. The van der Waals surface area contributed by atoms with Gasteiger partial charge in [-0.25, -0.2) is 4.68 Å². The van der Waals surface area contributed by atoms with Crippen LogP contribution in [0.3, 0.4) is 0 Å². The zero-order valence-corrected chi connectivity index (χ0v) is 23.6. The second-order valence-corrected chi connectivity index (χ2v) is 10.4. The molecule has 0 spiro atoms. The molecule has 2 aromatic carbocycles. The van der Waals surface area contributed by atoms with Crippen LogP contribution in [-0.4, -0.2) is 53.8 Å². The quantitative estimate of drug-likeness (QED) is 0.325. The molecule has 0 aliphatic rings. The van der Waals surface area contributed by atoms with E-state index in [4.69, 9.17) is 14.6 Å². The summed E-state index contributed by atoms with van der Waals surface area (Å²) in [4.78, 5) is 28.7. The molecule has 3 aromatic rings. The van der Waals surface area contributed by atoms with Gasteiger partial charge in [-0.15, -0.1) is 0 Å². The smallest absolute Gasteiger partial charge is 0.261 e. The minimum atomic E-state index is -0.312. The largest absolute Gasteiger partial charge is 0.496 e. The maximum atomic E-state index is 13.7. The van der Waals surface area contributed by atoms with Crippen molar-refractivity contribution in [3.05, 3.63) is 65.4 Å². The van der Waals surface area contributed by atoms with E-state index in [1.165, 1.54) is 14.2 Å². The Labute approximate surface area is 225 Å². The first-order valence-corrected chi connectivity index (χ1v) is 13.1. The van der Waals surface area contributed by atoms with Crippen molar-refractivity contribution in [1.82, 2.24) is 14.7 Å². The average Bonchev–Trinajstić information content (AvgIpc) is 3.31. The number of nitrogens with one attached hydrogen (secondary N) is 1. The van der Waals surface area contributed by atoms with Crippen molar-refractivity contribution in [3.63, 3.8) is 0 Å². The molecule has 1 N–H and O–H groups in total. The van der Waals surface area contributed by atoms with E-state index in [1.807, 2.05) is 37.3 Å². The van der Waals surface area contributed by atoms with Gasteiger partial charge in [-0.2, -0.15) is 5.10 Å². The Morgan fingerprint density at radius 2 is 1.66 bits per heavy atom. The van der Waals surface area contributed by atoms with Crippen LogP contribution < -0.4 is 14.8 Å². The second-order valence-electron chi connectivity index (χ2n) is 10.4. The number of hydrogen-bond acceptors (Lipinski definition) is 5. The molecule has 0 fully saturated rings. The molecule has 0 saturated heterocycles. The van der Waals surface area contributed by atoms with Gasteiger partial charge in [-0.05, 0) is 43.2 Å². The van der Waals surface area contributed by atoms with Crippen molar-refractivity contribution in [3.8, 4) is 17.2 Å². The van der Waals surface area contributed by atoms with Crippen LogP contribution in [0.4, 0.5) is 5.82 Å². The van der Waals surface area contributed by atoms with E-state index in [-0.39, 0.29) is 23.8 Å². The van der Waals surface area contributed by atoms with Crippen LogP contribution in [0.5, 0.6) is 11.5 Å². The molecule has 0 bridgehead atoms.